The first kappa shape index (κ1) is 16.1. The average Bonchev–Trinajstić information content (AvgIpc) is 3.36. The van der Waals surface area contributed by atoms with Crippen LogP contribution in [0.25, 0.3) is 0 Å². The van der Waals surface area contributed by atoms with Crippen molar-refractivity contribution in [2.75, 3.05) is 11.4 Å². The number of carbonyl (C=O) groups excluding carboxylic acids is 2. The van der Waals surface area contributed by atoms with E-state index in [1.165, 1.54) is 6.26 Å². The monoisotopic (exact) mass is 346 g/mol. The number of carbonyl (C=O) groups is 2. The molecule has 0 fully saturated rings. The van der Waals surface area contributed by atoms with Gasteiger partial charge in [0.25, 0.3) is 11.8 Å². The van der Waals surface area contributed by atoms with Crippen LogP contribution in [-0.4, -0.2) is 18.4 Å². The first-order valence-electron chi connectivity index (χ1n) is 8.53. The van der Waals surface area contributed by atoms with E-state index in [-0.39, 0.29) is 17.6 Å². The fourth-order valence-corrected chi connectivity index (χ4v) is 3.16. The highest BCUT2D eigenvalue weighted by molar-refractivity contribution is 6.07. The van der Waals surface area contributed by atoms with Crippen LogP contribution in [0.15, 0.2) is 71.3 Å². The minimum Gasteiger partial charge on any atom is -0.459 e. The van der Waals surface area contributed by atoms with Gasteiger partial charge in [-0.25, -0.2) is 0 Å². The van der Waals surface area contributed by atoms with Gasteiger partial charge in [-0.3, -0.25) is 9.59 Å². The molecule has 1 N–H and O–H groups in total. The first-order chi connectivity index (χ1) is 12.7. The Labute approximate surface area is 151 Å². The van der Waals surface area contributed by atoms with Crippen LogP contribution in [0.3, 0.4) is 0 Å². The number of hydrogen-bond donors (Lipinski definition) is 1. The van der Waals surface area contributed by atoms with Crippen molar-refractivity contribution in [3.05, 3.63) is 89.4 Å². The van der Waals surface area contributed by atoms with Gasteiger partial charge >= 0.3 is 0 Å². The SMILES string of the molecule is O=C(NCc1ccc2c(c1)N(C(=O)c1ccccc1)CC2)c1ccco1. The van der Waals surface area contributed by atoms with Crippen molar-refractivity contribution in [2.24, 2.45) is 0 Å². The smallest absolute Gasteiger partial charge is 0.287 e. The van der Waals surface area contributed by atoms with Crippen LogP contribution < -0.4 is 10.2 Å². The Morgan fingerprint density at radius 1 is 1.04 bits per heavy atom. The van der Waals surface area contributed by atoms with Crippen molar-refractivity contribution in [2.45, 2.75) is 13.0 Å². The number of anilines is 1. The minimum absolute atomic E-state index is 0.00104. The van der Waals surface area contributed by atoms with Crippen LogP contribution in [0.2, 0.25) is 0 Å². The van der Waals surface area contributed by atoms with Crippen LogP contribution in [0, 0.1) is 0 Å². The van der Waals surface area contributed by atoms with Crippen molar-refractivity contribution in [3.63, 3.8) is 0 Å². The number of fused-ring (bicyclic) bond motifs is 1. The second-order valence-electron chi connectivity index (χ2n) is 6.20. The molecule has 0 atom stereocenters. The van der Waals surface area contributed by atoms with Crippen molar-refractivity contribution >= 4 is 17.5 Å². The van der Waals surface area contributed by atoms with E-state index in [0.29, 0.717) is 18.7 Å². The van der Waals surface area contributed by atoms with E-state index in [0.717, 1.165) is 23.2 Å². The number of hydrogen-bond acceptors (Lipinski definition) is 3. The van der Waals surface area contributed by atoms with E-state index in [2.05, 4.69) is 5.32 Å². The van der Waals surface area contributed by atoms with E-state index < -0.39 is 0 Å². The Kier molecular flexibility index (Phi) is 4.27. The molecule has 1 aromatic heterocycles. The maximum atomic E-state index is 12.8. The van der Waals surface area contributed by atoms with E-state index in [4.69, 9.17) is 4.42 Å². The van der Waals surface area contributed by atoms with E-state index in [1.54, 1.807) is 12.1 Å². The molecule has 1 aliphatic heterocycles. The summed E-state index contributed by atoms with van der Waals surface area (Å²) in [5.41, 5.74) is 3.69. The molecule has 0 aliphatic carbocycles. The van der Waals surface area contributed by atoms with Gasteiger partial charge in [-0.15, -0.1) is 0 Å². The minimum atomic E-state index is -0.257. The molecule has 4 rings (SSSR count). The van der Waals surface area contributed by atoms with Gasteiger partial charge in [0.2, 0.25) is 0 Å². The summed E-state index contributed by atoms with van der Waals surface area (Å²) in [6, 6.07) is 18.6. The standard InChI is InChI=1S/C21H18N2O3/c24-20(19-7-4-12-26-19)22-14-15-8-9-16-10-11-23(18(16)13-15)21(25)17-5-2-1-3-6-17/h1-9,12-13H,10-11,14H2,(H,22,24). The molecule has 3 aromatic rings. The lowest BCUT2D eigenvalue weighted by atomic mass is 10.1. The van der Waals surface area contributed by atoms with Crippen LogP contribution in [0.1, 0.15) is 32.0 Å². The summed E-state index contributed by atoms with van der Waals surface area (Å²) in [7, 11) is 0. The third-order valence-electron chi connectivity index (χ3n) is 4.51. The third-order valence-corrected chi connectivity index (χ3v) is 4.51. The summed E-state index contributed by atoms with van der Waals surface area (Å²) in [4.78, 5) is 26.6. The molecule has 0 saturated heterocycles. The fraction of sp³-hybridized carbons (Fsp3) is 0.143. The van der Waals surface area contributed by atoms with Crippen LogP contribution in [-0.2, 0) is 13.0 Å². The molecule has 0 radical (unpaired) electrons. The van der Waals surface area contributed by atoms with Gasteiger partial charge in [-0.1, -0.05) is 30.3 Å². The van der Waals surface area contributed by atoms with Gasteiger partial charge in [0.05, 0.1) is 6.26 Å². The van der Waals surface area contributed by atoms with E-state index in [1.807, 2.05) is 53.4 Å². The summed E-state index contributed by atoms with van der Waals surface area (Å²) in [5, 5.41) is 2.83. The van der Waals surface area contributed by atoms with Crippen LogP contribution in [0.4, 0.5) is 5.69 Å². The molecule has 0 unspecified atom stereocenters. The third kappa shape index (κ3) is 3.11. The highest BCUT2D eigenvalue weighted by atomic mass is 16.3. The Balaban J connectivity index is 1.51. The predicted molar refractivity (Wildman–Crippen MR) is 98.1 cm³/mol. The lowest BCUT2D eigenvalue weighted by Gasteiger charge is -2.18. The first-order valence-corrected chi connectivity index (χ1v) is 8.53. The maximum Gasteiger partial charge on any atom is 0.287 e. The molecule has 5 nitrogen and oxygen atoms in total. The van der Waals surface area contributed by atoms with Gasteiger partial charge in [-0.05, 0) is 47.9 Å². The van der Waals surface area contributed by atoms with Crippen molar-refractivity contribution < 1.29 is 14.0 Å². The molecule has 0 spiro atoms. The molecular weight excluding hydrogens is 328 g/mol. The lowest BCUT2D eigenvalue weighted by molar-refractivity contribution is 0.0922. The molecule has 130 valence electrons. The predicted octanol–water partition coefficient (Wildman–Crippen LogP) is 3.41. The van der Waals surface area contributed by atoms with Gasteiger partial charge in [0.1, 0.15) is 0 Å². The van der Waals surface area contributed by atoms with Crippen LogP contribution in [0.5, 0.6) is 0 Å². The van der Waals surface area contributed by atoms with Crippen LogP contribution >= 0.6 is 0 Å². The maximum absolute atomic E-state index is 12.8. The summed E-state index contributed by atoms with van der Waals surface area (Å²) >= 11 is 0. The largest absolute Gasteiger partial charge is 0.459 e. The van der Waals surface area contributed by atoms with E-state index in [9.17, 15) is 9.59 Å². The Morgan fingerprint density at radius 3 is 2.65 bits per heavy atom. The Hall–Kier alpha value is -3.34. The molecule has 0 saturated carbocycles. The molecule has 1 aliphatic rings. The lowest BCUT2D eigenvalue weighted by Crippen LogP contribution is -2.29. The zero-order valence-electron chi connectivity index (χ0n) is 14.1. The van der Waals surface area contributed by atoms with Crippen molar-refractivity contribution in [1.29, 1.82) is 0 Å². The fourth-order valence-electron chi connectivity index (χ4n) is 3.16. The number of benzene rings is 2. The molecule has 0 bridgehead atoms. The number of nitrogens with one attached hydrogen (secondary N) is 1. The molecule has 26 heavy (non-hydrogen) atoms. The van der Waals surface area contributed by atoms with Gasteiger partial charge in [0.15, 0.2) is 5.76 Å². The summed E-state index contributed by atoms with van der Waals surface area (Å²) in [6.07, 6.45) is 2.31. The number of nitrogens with zero attached hydrogens (tertiary/aromatic N) is 1. The second kappa shape index (κ2) is 6.88. The van der Waals surface area contributed by atoms with Gasteiger partial charge < -0.3 is 14.6 Å². The topological polar surface area (TPSA) is 62.6 Å². The summed E-state index contributed by atoms with van der Waals surface area (Å²) in [5.74, 6) is 0.0286. The molecular formula is C21H18N2O3. The van der Waals surface area contributed by atoms with Crippen molar-refractivity contribution in [1.82, 2.24) is 5.32 Å². The zero-order chi connectivity index (χ0) is 17.9. The molecule has 2 heterocycles. The average molecular weight is 346 g/mol. The highest BCUT2D eigenvalue weighted by Gasteiger charge is 2.25. The Bertz CT molecular complexity index is 933. The molecule has 2 amide bonds. The number of rotatable bonds is 4. The quantitative estimate of drug-likeness (QED) is 0.787. The molecule has 2 aromatic carbocycles. The highest BCUT2D eigenvalue weighted by Crippen LogP contribution is 2.30. The molecule has 5 heteroatoms. The summed E-state index contributed by atoms with van der Waals surface area (Å²) in [6.45, 7) is 1.05. The zero-order valence-corrected chi connectivity index (χ0v) is 14.1. The number of furan rings is 1. The second-order valence-corrected chi connectivity index (χ2v) is 6.20. The number of amides is 2. The van der Waals surface area contributed by atoms with E-state index >= 15 is 0 Å². The summed E-state index contributed by atoms with van der Waals surface area (Å²) < 4.78 is 5.09. The van der Waals surface area contributed by atoms with Gasteiger partial charge in [-0.2, -0.15) is 0 Å². The van der Waals surface area contributed by atoms with Gasteiger partial charge in [0, 0.05) is 24.3 Å². The Morgan fingerprint density at radius 2 is 1.88 bits per heavy atom. The van der Waals surface area contributed by atoms with Crippen molar-refractivity contribution in [3.8, 4) is 0 Å². The normalized spacial score (nSPS) is 12.7.